The van der Waals surface area contributed by atoms with Crippen LogP contribution in [-0.4, -0.2) is 22.8 Å². The number of pyridine rings is 1. The van der Waals surface area contributed by atoms with E-state index in [4.69, 9.17) is 0 Å². The Morgan fingerprint density at radius 1 is 1.09 bits per heavy atom. The molecule has 1 aliphatic heterocycles. The number of benzene rings is 1. The summed E-state index contributed by atoms with van der Waals surface area (Å²) in [6, 6.07) is 9.43. The first kappa shape index (κ1) is 14.7. The minimum Gasteiger partial charge on any atom is -0.326 e. The van der Waals surface area contributed by atoms with Gasteiger partial charge in [0, 0.05) is 24.0 Å². The van der Waals surface area contributed by atoms with E-state index in [9.17, 15) is 14.4 Å². The number of nitrogens with zero attached hydrogens (tertiary/aromatic N) is 1. The second kappa shape index (κ2) is 6.27. The molecule has 7 nitrogen and oxygen atoms in total. The summed E-state index contributed by atoms with van der Waals surface area (Å²) in [5, 5.41) is 7.61. The Morgan fingerprint density at radius 3 is 2.74 bits per heavy atom. The Bertz CT molecular complexity index is 774. The Hall–Kier alpha value is -3.22. The van der Waals surface area contributed by atoms with E-state index in [-0.39, 0.29) is 11.6 Å². The van der Waals surface area contributed by atoms with Crippen LogP contribution in [0.3, 0.4) is 0 Å². The molecule has 2 heterocycles. The van der Waals surface area contributed by atoms with Crippen LogP contribution in [0.2, 0.25) is 0 Å². The molecule has 0 saturated heterocycles. The van der Waals surface area contributed by atoms with E-state index in [0.29, 0.717) is 24.2 Å². The molecule has 1 aromatic carbocycles. The van der Waals surface area contributed by atoms with Crippen LogP contribution in [0.1, 0.15) is 22.5 Å². The molecule has 0 radical (unpaired) electrons. The highest BCUT2D eigenvalue weighted by atomic mass is 16.2. The van der Waals surface area contributed by atoms with E-state index in [1.54, 1.807) is 30.3 Å². The van der Waals surface area contributed by atoms with Crippen LogP contribution in [0, 0.1) is 0 Å². The van der Waals surface area contributed by atoms with Gasteiger partial charge in [0.1, 0.15) is 5.69 Å². The molecule has 116 valence electrons. The second-order valence-electron chi connectivity index (χ2n) is 5.00. The van der Waals surface area contributed by atoms with Crippen molar-refractivity contribution in [3.8, 4) is 0 Å². The number of anilines is 2. The second-order valence-corrected chi connectivity index (χ2v) is 5.00. The first-order chi connectivity index (χ1) is 11.1. The third-order valence-corrected chi connectivity index (χ3v) is 3.42. The van der Waals surface area contributed by atoms with E-state index in [0.717, 1.165) is 5.56 Å². The number of rotatable bonds is 2. The van der Waals surface area contributed by atoms with Crippen molar-refractivity contribution in [2.75, 3.05) is 10.6 Å². The van der Waals surface area contributed by atoms with Crippen LogP contribution >= 0.6 is 0 Å². The highest BCUT2D eigenvalue weighted by molar-refractivity contribution is 6.07. The van der Waals surface area contributed by atoms with Crippen LogP contribution in [0.25, 0.3) is 0 Å². The molecule has 0 atom stereocenters. The summed E-state index contributed by atoms with van der Waals surface area (Å²) >= 11 is 0. The normalized spacial score (nSPS) is 12.8. The number of urea groups is 1. The van der Waals surface area contributed by atoms with Crippen molar-refractivity contribution in [1.29, 1.82) is 0 Å². The minimum absolute atomic E-state index is 0.0515. The van der Waals surface area contributed by atoms with Gasteiger partial charge in [0.15, 0.2) is 0 Å². The van der Waals surface area contributed by atoms with Gasteiger partial charge in [-0.05, 0) is 36.2 Å². The Labute approximate surface area is 132 Å². The van der Waals surface area contributed by atoms with Crippen molar-refractivity contribution < 1.29 is 14.4 Å². The van der Waals surface area contributed by atoms with Gasteiger partial charge in [-0.1, -0.05) is 12.1 Å². The maximum Gasteiger partial charge on any atom is 0.326 e. The fourth-order valence-corrected chi connectivity index (χ4v) is 2.36. The lowest BCUT2D eigenvalue weighted by Crippen LogP contribution is -2.35. The number of hydrogen-bond donors (Lipinski definition) is 3. The molecule has 0 unspecified atom stereocenters. The molecule has 0 bridgehead atoms. The zero-order chi connectivity index (χ0) is 16.2. The van der Waals surface area contributed by atoms with Crippen molar-refractivity contribution >= 4 is 29.2 Å². The summed E-state index contributed by atoms with van der Waals surface area (Å²) in [4.78, 5) is 39.2. The third kappa shape index (κ3) is 3.34. The Kier molecular flexibility index (Phi) is 4.01. The number of aromatic nitrogens is 1. The Balaban J connectivity index is 1.70. The number of nitrogens with one attached hydrogen (secondary N) is 3. The van der Waals surface area contributed by atoms with Gasteiger partial charge in [-0.3, -0.25) is 19.9 Å². The maximum absolute atomic E-state index is 12.0. The maximum atomic E-state index is 12.0. The standard InChI is InChI=1S/C16H14N4O3/c21-14-8-7-10-11(18-14)5-3-6-12(10)19-16(23)20-15(22)13-4-1-2-9-17-13/h1-6,9H,7-8H2,(H,18,21)(H2,19,20,22,23). The molecule has 0 fully saturated rings. The van der Waals surface area contributed by atoms with Gasteiger partial charge >= 0.3 is 6.03 Å². The topological polar surface area (TPSA) is 100 Å². The van der Waals surface area contributed by atoms with Gasteiger partial charge in [0.25, 0.3) is 5.91 Å². The zero-order valence-corrected chi connectivity index (χ0v) is 12.1. The number of fused-ring (bicyclic) bond motifs is 1. The largest absolute Gasteiger partial charge is 0.326 e. The van der Waals surface area contributed by atoms with Crippen molar-refractivity contribution in [2.24, 2.45) is 0 Å². The lowest BCUT2D eigenvalue weighted by atomic mass is 10.0. The van der Waals surface area contributed by atoms with Crippen molar-refractivity contribution in [2.45, 2.75) is 12.8 Å². The van der Waals surface area contributed by atoms with Gasteiger partial charge in [-0.25, -0.2) is 4.79 Å². The number of imide groups is 1. The molecule has 4 amide bonds. The van der Waals surface area contributed by atoms with Crippen molar-refractivity contribution in [1.82, 2.24) is 10.3 Å². The smallest absolute Gasteiger partial charge is 0.326 e. The number of carbonyl (C=O) groups is 3. The zero-order valence-electron chi connectivity index (χ0n) is 12.1. The molecule has 3 N–H and O–H groups in total. The predicted molar refractivity (Wildman–Crippen MR) is 84.1 cm³/mol. The van der Waals surface area contributed by atoms with Gasteiger partial charge in [0.05, 0.1) is 0 Å². The van der Waals surface area contributed by atoms with Crippen LogP contribution in [0.4, 0.5) is 16.2 Å². The SMILES string of the molecule is O=C1CCc2c(cccc2NC(=O)NC(=O)c2ccccn2)N1. The number of hydrogen-bond acceptors (Lipinski definition) is 4. The fraction of sp³-hybridized carbons (Fsp3) is 0.125. The molecular formula is C16H14N4O3. The van der Waals surface area contributed by atoms with E-state index in [2.05, 4.69) is 20.9 Å². The summed E-state index contributed by atoms with van der Waals surface area (Å²) in [6.07, 6.45) is 2.37. The highest BCUT2D eigenvalue weighted by Gasteiger charge is 2.19. The van der Waals surface area contributed by atoms with E-state index < -0.39 is 11.9 Å². The van der Waals surface area contributed by atoms with E-state index in [1.165, 1.54) is 12.3 Å². The Morgan fingerprint density at radius 2 is 1.96 bits per heavy atom. The molecule has 0 aliphatic carbocycles. The van der Waals surface area contributed by atoms with Crippen LogP contribution in [0.5, 0.6) is 0 Å². The quantitative estimate of drug-likeness (QED) is 0.789. The van der Waals surface area contributed by atoms with Gasteiger partial charge in [-0.2, -0.15) is 0 Å². The summed E-state index contributed by atoms with van der Waals surface area (Å²) in [5.41, 5.74) is 2.24. The molecule has 3 rings (SSSR count). The van der Waals surface area contributed by atoms with Crippen molar-refractivity contribution in [3.05, 3.63) is 53.9 Å². The molecule has 1 aromatic heterocycles. The lowest BCUT2D eigenvalue weighted by molar-refractivity contribution is -0.116. The molecule has 2 aromatic rings. The van der Waals surface area contributed by atoms with Gasteiger partial charge in [0.2, 0.25) is 5.91 Å². The summed E-state index contributed by atoms with van der Waals surface area (Å²) < 4.78 is 0. The molecule has 1 aliphatic rings. The molecule has 0 spiro atoms. The molecule has 7 heteroatoms. The molecule has 0 saturated carbocycles. The predicted octanol–water partition coefficient (Wildman–Crippen LogP) is 1.93. The average Bonchev–Trinajstić information content (AvgIpc) is 2.55. The highest BCUT2D eigenvalue weighted by Crippen LogP contribution is 2.29. The van der Waals surface area contributed by atoms with E-state index in [1.807, 2.05) is 0 Å². The summed E-state index contributed by atoms with van der Waals surface area (Å²) in [7, 11) is 0. The average molecular weight is 310 g/mol. The van der Waals surface area contributed by atoms with Crippen LogP contribution in [0.15, 0.2) is 42.6 Å². The van der Waals surface area contributed by atoms with E-state index >= 15 is 0 Å². The van der Waals surface area contributed by atoms with Crippen LogP contribution < -0.4 is 16.0 Å². The summed E-state index contributed by atoms with van der Waals surface area (Å²) in [5.74, 6) is -0.634. The summed E-state index contributed by atoms with van der Waals surface area (Å²) in [6.45, 7) is 0. The first-order valence-electron chi connectivity index (χ1n) is 7.08. The third-order valence-electron chi connectivity index (χ3n) is 3.42. The van der Waals surface area contributed by atoms with Crippen LogP contribution in [-0.2, 0) is 11.2 Å². The monoisotopic (exact) mass is 310 g/mol. The van der Waals surface area contributed by atoms with Gasteiger partial charge in [-0.15, -0.1) is 0 Å². The van der Waals surface area contributed by atoms with Gasteiger partial charge < -0.3 is 10.6 Å². The fourth-order valence-electron chi connectivity index (χ4n) is 2.36. The minimum atomic E-state index is -0.647. The number of carbonyl (C=O) groups excluding carboxylic acids is 3. The molecular weight excluding hydrogens is 296 g/mol. The first-order valence-corrected chi connectivity index (χ1v) is 7.08. The number of amides is 4. The van der Waals surface area contributed by atoms with Crippen molar-refractivity contribution in [3.63, 3.8) is 0 Å². The molecule has 23 heavy (non-hydrogen) atoms. The lowest BCUT2D eigenvalue weighted by Gasteiger charge is -2.20.